The molecule has 0 saturated carbocycles. The van der Waals surface area contributed by atoms with Crippen LogP contribution in [0.1, 0.15) is 20.8 Å². The summed E-state index contributed by atoms with van der Waals surface area (Å²) < 4.78 is 59.4. The van der Waals surface area contributed by atoms with E-state index in [0.717, 1.165) is 0 Å². The lowest BCUT2D eigenvalue weighted by atomic mass is 10.2. The number of hydrogen-bond acceptors (Lipinski definition) is 4. The molecule has 0 radical (unpaired) electrons. The molecule has 0 aliphatic carbocycles. The predicted octanol–water partition coefficient (Wildman–Crippen LogP) is 2.73. The molecular formula is C10H14F3NO3S. The zero-order valence-corrected chi connectivity index (χ0v) is 10.9. The predicted molar refractivity (Wildman–Crippen MR) is 60.0 cm³/mol. The van der Waals surface area contributed by atoms with Crippen molar-refractivity contribution in [1.29, 1.82) is 0 Å². The molecule has 1 heterocycles. The zero-order chi connectivity index (χ0) is 14.4. The van der Waals surface area contributed by atoms with Crippen molar-refractivity contribution in [2.75, 3.05) is 0 Å². The quantitative estimate of drug-likeness (QED) is 0.588. The Bertz CT molecular complexity index is 411. The first-order chi connectivity index (χ1) is 7.96. The van der Waals surface area contributed by atoms with Crippen LogP contribution >= 0.6 is 0 Å². The average molecular weight is 285 g/mol. The topological polar surface area (TPSA) is 56.3 Å². The van der Waals surface area contributed by atoms with Crippen LogP contribution in [-0.4, -0.2) is 24.5 Å². The van der Waals surface area contributed by atoms with E-state index in [0.29, 0.717) is 0 Å². The molecule has 0 saturated heterocycles. The molecule has 0 aromatic carbocycles. The van der Waals surface area contributed by atoms with Crippen molar-refractivity contribution in [3.63, 3.8) is 0 Å². The normalized spacial score (nSPS) is 12.6. The van der Waals surface area contributed by atoms with Gasteiger partial charge in [0.15, 0.2) is 0 Å². The molecule has 0 spiro atoms. The van der Waals surface area contributed by atoms with E-state index < -0.39 is 21.2 Å². The molecule has 4 nitrogen and oxygen atoms in total. The molecule has 1 aromatic heterocycles. The van der Waals surface area contributed by atoms with Gasteiger partial charge in [0.1, 0.15) is 0 Å². The van der Waals surface area contributed by atoms with Crippen LogP contribution in [0.5, 0.6) is 0 Å². The van der Waals surface area contributed by atoms with Gasteiger partial charge < -0.3 is 0 Å². The van der Waals surface area contributed by atoms with Gasteiger partial charge in [-0.2, -0.15) is 21.6 Å². The number of halogens is 3. The summed E-state index contributed by atoms with van der Waals surface area (Å²) in [5.74, 6) is 0. The summed E-state index contributed by atoms with van der Waals surface area (Å²) in [4.78, 5) is 3.78. The maximum Gasteiger partial charge on any atom is 0.523 e. The maximum absolute atomic E-state index is 11.7. The van der Waals surface area contributed by atoms with Gasteiger partial charge in [0, 0.05) is 12.4 Å². The smallest absolute Gasteiger partial charge is 0.265 e. The van der Waals surface area contributed by atoms with Crippen molar-refractivity contribution in [1.82, 2.24) is 4.98 Å². The number of hydrogen-bond donors (Lipinski definition) is 0. The van der Waals surface area contributed by atoms with E-state index in [2.05, 4.69) is 9.17 Å². The van der Waals surface area contributed by atoms with E-state index in [1.54, 1.807) is 12.4 Å². The highest BCUT2D eigenvalue weighted by Crippen LogP contribution is 2.28. The van der Waals surface area contributed by atoms with E-state index in [1.165, 1.54) is 20.8 Å². The first kappa shape index (κ1) is 16.9. The Kier molecular flexibility index (Phi) is 5.75. The fourth-order valence-corrected chi connectivity index (χ4v) is 1.44. The summed E-state index contributed by atoms with van der Waals surface area (Å²) in [7, 11) is -5.46. The summed E-state index contributed by atoms with van der Waals surface area (Å²) in [6, 6.07) is 5.72. The Morgan fingerprint density at radius 2 is 1.44 bits per heavy atom. The number of rotatable bonds is 1. The monoisotopic (exact) mass is 285 g/mol. The molecule has 0 fully saturated rings. The fourth-order valence-electron chi connectivity index (χ4n) is 0.689. The Labute approximate surface area is 104 Å². The second-order valence-electron chi connectivity index (χ2n) is 4.12. The maximum atomic E-state index is 11.7. The van der Waals surface area contributed by atoms with Crippen LogP contribution < -0.4 is 0 Å². The molecule has 104 valence electrons. The minimum absolute atomic E-state index is 1.22. The third-order valence-electron chi connectivity index (χ3n) is 1.21. The average Bonchev–Trinajstić information content (AvgIpc) is 2.15. The van der Waals surface area contributed by atoms with Gasteiger partial charge in [-0.05, 0) is 32.9 Å². The van der Waals surface area contributed by atoms with E-state index in [9.17, 15) is 21.6 Å². The van der Waals surface area contributed by atoms with Crippen LogP contribution in [0.15, 0.2) is 30.6 Å². The minimum Gasteiger partial charge on any atom is -0.265 e. The van der Waals surface area contributed by atoms with Gasteiger partial charge in [-0.3, -0.25) is 9.17 Å². The standard InChI is InChI=1S/C5H9F3O3S.C5H5N/c1-4(2,3)11-12(9,10)5(6,7)8;1-2-4-6-5-3-1/h1-3H3;1-5H. The summed E-state index contributed by atoms with van der Waals surface area (Å²) in [5, 5.41) is 0. The Morgan fingerprint density at radius 3 is 1.56 bits per heavy atom. The molecule has 8 heteroatoms. The van der Waals surface area contributed by atoms with Gasteiger partial charge in [0.25, 0.3) is 0 Å². The van der Waals surface area contributed by atoms with Crippen molar-refractivity contribution in [2.24, 2.45) is 0 Å². The third kappa shape index (κ3) is 7.23. The molecule has 0 N–H and O–H groups in total. The van der Waals surface area contributed by atoms with Crippen LogP contribution in [0.2, 0.25) is 0 Å². The molecule has 0 aliphatic heterocycles. The van der Waals surface area contributed by atoms with Gasteiger partial charge in [0.05, 0.1) is 5.60 Å². The van der Waals surface area contributed by atoms with Crippen LogP contribution in [0.25, 0.3) is 0 Å². The SMILES string of the molecule is CC(C)(C)OS(=O)(=O)C(F)(F)F.c1ccncc1. The van der Waals surface area contributed by atoms with Crippen molar-refractivity contribution in [3.05, 3.63) is 30.6 Å². The Balaban J connectivity index is 0.000000397. The highest BCUT2D eigenvalue weighted by molar-refractivity contribution is 7.87. The first-order valence-electron chi connectivity index (χ1n) is 4.82. The lowest BCUT2D eigenvalue weighted by molar-refractivity contribution is -0.0612. The summed E-state index contributed by atoms with van der Waals surface area (Å²) >= 11 is 0. The highest BCUT2D eigenvalue weighted by Gasteiger charge is 2.49. The summed E-state index contributed by atoms with van der Waals surface area (Å²) in [5.41, 5.74) is -6.71. The largest absolute Gasteiger partial charge is 0.523 e. The van der Waals surface area contributed by atoms with Crippen LogP contribution in [0, 0.1) is 0 Å². The Morgan fingerprint density at radius 1 is 1.00 bits per heavy atom. The highest BCUT2D eigenvalue weighted by atomic mass is 32.2. The number of nitrogens with zero attached hydrogens (tertiary/aromatic N) is 1. The molecule has 0 bridgehead atoms. The molecule has 18 heavy (non-hydrogen) atoms. The van der Waals surface area contributed by atoms with Crippen molar-refractivity contribution in [2.45, 2.75) is 31.9 Å². The lowest BCUT2D eigenvalue weighted by Gasteiger charge is -2.19. The first-order valence-corrected chi connectivity index (χ1v) is 6.23. The van der Waals surface area contributed by atoms with Crippen LogP contribution in [0.4, 0.5) is 13.2 Å². The van der Waals surface area contributed by atoms with Gasteiger partial charge >= 0.3 is 15.6 Å². The molecule has 0 amide bonds. The van der Waals surface area contributed by atoms with Gasteiger partial charge in [0.2, 0.25) is 0 Å². The van der Waals surface area contributed by atoms with Gasteiger partial charge in [-0.25, -0.2) is 0 Å². The summed E-state index contributed by atoms with van der Waals surface area (Å²) in [6.07, 6.45) is 3.50. The Hall–Kier alpha value is -1.15. The number of alkyl halides is 3. The van der Waals surface area contributed by atoms with Crippen molar-refractivity contribution < 1.29 is 25.8 Å². The van der Waals surface area contributed by atoms with Crippen molar-refractivity contribution >= 4 is 10.1 Å². The second-order valence-corrected chi connectivity index (χ2v) is 5.66. The van der Waals surface area contributed by atoms with E-state index in [-0.39, 0.29) is 0 Å². The van der Waals surface area contributed by atoms with Gasteiger partial charge in [-0.1, -0.05) is 6.07 Å². The van der Waals surface area contributed by atoms with Crippen LogP contribution in [-0.2, 0) is 14.3 Å². The third-order valence-corrected chi connectivity index (χ3v) is 2.50. The number of aromatic nitrogens is 1. The molecular weight excluding hydrogens is 271 g/mol. The molecule has 1 aromatic rings. The van der Waals surface area contributed by atoms with E-state index >= 15 is 0 Å². The van der Waals surface area contributed by atoms with Gasteiger partial charge in [-0.15, -0.1) is 0 Å². The van der Waals surface area contributed by atoms with E-state index in [1.807, 2.05) is 18.2 Å². The fraction of sp³-hybridized carbons (Fsp3) is 0.500. The zero-order valence-electron chi connectivity index (χ0n) is 10.1. The summed E-state index contributed by atoms with van der Waals surface area (Å²) in [6.45, 7) is 3.66. The van der Waals surface area contributed by atoms with Crippen molar-refractivity contribution in [3.8, 4) is 0 Å². The molecule has 0 unspecified atom stereocenters. The molecule has 0 atom stereocenters. The lowest BCUT2D eigenvalue weighted by Crippen LogP contribution is -2.33. The van der Waals surface area contributed by atoms with Crippen LogP contribution in [0.3, 0.4) is 0 Å². The molecule has 1 rings (SSSR count). The second kappa shape index (κ2) is 6.14. The minimum atomic E-state index is -5.46. The number of pyridine rings is 1. The van der Waals surface area contributed by atoms with E-state index in [4.69, 9.17) is 0 Å². The molecule has 0 aliphatic rings.